The Bertz CT molecular complexity index is 617. The molecule has 0 aliphatic carbocycles. The fourth-order valence-electron chi connectivity index (χ4n) is 0.843. The van der Waals surface area contributed by atoms with Crippen LogP contribution in [0.5, 0.6) is 0 Å². The molecule has 13 heteroatoms. The van der Waals surface area contributed by atoms with Crippen LogP contribution in [-0.2, 0) is 16.6 Å². The molecule has 0 fully saturated rings. The van der Waals surface area contributed by atoms with E-state index in [0.717, 1.165) is 11.3 Å². The Labute approximate surface area is 115 Å². The van der Waals surface area contributed by atoms with Crippen molar-refractivity contribution in [3.8, 4) is 0 Å². The van der Waals surface area contributed by atoms with Gasteiger partial charge in [0.05, 0.1) is 18.6 Å². The number of aliphatic imine (C=N–C) groups is 2. The number of rotatable bonds is 5. The zero-order valence-corrected chi connectivity index (χ0v) is 11.3. The second kappa shape index (κ2) is 6.04. The van der Waals surface area contributed by atoms with Crippen molar-refractivity contribution in [1.82, 2.24) is 9.71 Å². The van der Waals surface area contributed by atoms with Crippen molar-refractivity contribution in [3.05, 3.63) is 11.1 Å². The molecule has 1 aromatic heterocycles. The van der Waals surface area contributed by atoms with Gasteiger partial charge in [-0.25, -0.2) is 4.98 Å². The van der Waals surface area contributed by atoms with Crippen LogP contribution in [0, 0.1) is 0 Å². The van der Waals surface area contributed by atoms with Gasteiger partial charge in [0, 0.05) is 5.38 Å². The molecule has 1 aromatic rings. The lowest BCUT2D eigenvalue weighted by Gasteiger charge is -2.05. The number of aromatic nitrogens is 1. The van der Waals surface area contributed by atoms with Gasteiger partial charge in [-0.05, 0) is 0 Å². The minimum absolute atomic E-state index is 0.128. The summed E-state index contributed by atoms with van der Waals surface area (Å²) in [6.07, 6.45) is 0.433. The zero-order valence-electron chi connectivity index (χ0n) is 9.63. The number of sulfonamides is 1. The molecule has 0 bridgehead atoms. The smallest absolute Gasteiger partial charge is 0.370 e. The summed E-state index contributed by atoms with van der Waals surface area (Å²) >= 11 is 1.09. The Morgan fingerprint density at radius 2 is 2.15 bits per heavy atom. The summed E-state index contributed by atoms with van der Waals surface area (Å²) in [5.41, 5.74) is 5.24. The van der Waals surface area contributed by atoms with Crippen LogP contribution < -0.4 is 16.2 Å². The lowest BCUT2D eigenvalue weighted by Crippen LogP contribution is -2.35. The third kappa shape index (κ3) is 4.65. The fourth-order valence-corrected chi connectivity index (χ4v) is 1.89. The van der Waals surface area contributed by atoms with Crippen molar-refractivity contribution < 1.29 is 21.6 Å². The summed E-state index contributed by atoms with van der Waals surface area (Å²) < 4.78 is 58.2. The van der Waals surface area contributed by atoms with Gasteiger partial charge in [0.1, 0.15) is 0 Å². The van der Waals surface area contributed by atoms with Crippen LogP contribution in [0.3, 0.4) is 0 Å². The predicted octanol–water partition coefficient (Wildman–Crippen LogP) is 0.0155. The molecule has 0 atom stereocenters. The average molecular weight is 330 g/mol. The van der Waals surface area contributed by atoms with E-state index in [9.17, 15) is 21.6 Å². The van der Waals surface area contributed by atoms with E-state index in [1.807, 2.05) is 0 Å². The highest BCUT2D eigenvalue weighted by molar-refractivity contribution is 7.90. The normalized spacial score (nSPS) is 12.6. The zero-order chi connectivity index (χ0) is 15.4. The van der Waals surface area contributed by atoms with Gasteiger partial charge in [-0.1, -0.05) is 0 Å². The van der Waals surface area contributed by atoms with E-state index in [0.29, 0.717) is 12.0 Å². The molecular formula is C7H9F3N6O2S2. The van der Waals surface area contributed by atoms with E-state index in [2.05, 4.69) is 15.0 Å². The summed E-state index contributed by atoms with van der Waals surface area (Å²) in [4.78, 5) is 11.0. The monoisotopic (exact) mass is 330 g/mol. The molecule has 0 unspecified atom stereocenters. The Kier molecular flexibility index (Phi) is 4.88. The number of hydrogen-bond donors (Lipinski definition) is 3. The first-order valence-corrected chi connectivity index (χ1v) is 7.09. The van der Waals surface area contributed by atoms with E-state index >= 15 is 0 Å². The van der Waals surface area contributed by atoms with Crippen LogP contribution in [0.4, 0.5) is 18.3 Å². The topological polar surface area (TPSA) is 136 Å². The summed E-state index contributed by atoms with van der Waals surface area (Å²) in [6.45, 7) is -0.128. The maximum atomic E-state index is 11.9. The number of nitrogens with two attached hydrogens (primary N) is 2. The van der Waals surface area contributed by atoms with Crippen LogP contribution in [0.15, 0.2) is 15.4 Å². The third-order valence-electron chi connectivity index (χ3n) is 1.62. The molecule has 0 aliphatic rings. The highest BCUT2D eigenvalue weighted by Gasteiger charge is 2.45. The van der Waals surface area contributed by atoms with Gasteiger partial charge in [-0.15, -0.1) is 11.3 Å². The van der Waals surface area contributed by atoms with Crippen LogP contribution in [0.2, 0.25) is 0 Å². The van der Waals surface area contributed by atoms with E-state index < -0.39 is 15.5 Å². The Morgan fingerprint density at radius 1 is 1.50 bits per heavy atom. The maximum Gasteiger partial charge on any atom is 0.516 e. The van der Waals surface area contributed by atoms with Crippen molar-refractivity contribution in [1.29, 1.82) is 0 Å². The van der Waals surface area contributed by atoms with Crippen LogP contribution >= 0.6 is 11.3 Å². The predicted molar refractivity (Wildman–Crippen MR) is 67.9 cm³/mol. The van der Waals surface area contributed by atoms with Crippen molar-refractivity contribution in [3.63, 3.8) is 0 Å². The maximum absolute atomic E-state index is 11.9. The molecule has 0 amide bonds. The Hall–Kier alpha value is -1.89. The van der Waals surface area contributed by atoms with Gasteiger partial charge in [0.25, 0.3) is 0 Å². The van der Waals surface area contributed by atoms with Gasteiger partial charge in [-0.2, -0.15) is 26.6 Å². The fraction of sp³-hybridized carbons (Fsp3) is 0.286. The van der Waals surface area contributed by atoms with E-state index in [1.165, 1.54) is 10.1 Å². The van der Waals surface area contributed by atoms with Crippen LogP contribution in [0.1, 0.15) is 5.69 Å². The molecule has 0 aliphatic heterocycles. The molecule has 0 spiro atoms. The van der Waals surface area contributed by atoms with Gasteiger partial charge < -0.3 is 11.5 Å². The number of nitrogens with one attached hydrogen (secondary N) is 1. The molecule has 1 rings (SSSR count). The first-order chi connectivity index (χ1) is 9.12. The lowest BCUT2D eigenvalue weighted by atomic mass is 10.5. The first kappa shape index (κ1) is 16.2. The molecule has 0 aromatic carbocycles. The average Bonchev–Trinajstić information content (AvgIpc) is 2.69. The van der Waals surface area contributed by atoms with Gasteiger partial charge in [0.2, 0.25) is 5.13 Å². The Balaban J connectivity index is 2.58. The van der Waals surface area contributed by atoms with Crippen LogP contribution in [0.25, 0.3) is 0 Å². The van der Waals surface area contributed by atoms with Crippen molar-refractivity contribution in [2.24, 2.45) is 21.5 Å². The molecule has 112 valence electrons. The van der Waals surface area contributed by atoms with Crippen molar-refractivity contribution >= 4 is 38.8 Å². The number of halogens is 3. The van der Waals surface area contributed by atoms with Crippen molar-refractivity contribution in [2.75, 3.05) is 0 Å². The highest BCUT2D eigenvalue weighted by atomic mass is 32.2. The van der Waals surface area contributed by atoms with E-state index in [1.54, 1.807) is 0 Å². The number of hydrogen-bond acceptors (Lipinski definition) is 6. The van der Waals surface area contributed by atoms with Gasteiger partial charge >= 0.3 is 15.5 Å². The minimum atomic E-state index is -5.43. The first-order valence-electron chi connectivity index (χ1n) is 4.73. The van der Waals surface area contributed by atoms with Gasteiger partial charge in [0.15, 0.2) is 5.96 Å². The number of alkyl halides is 3. The molecule has 1 heterocycles. The second-order valence-corrected chi connectivity index (χ2v) is 5.74. The quantitative estimate of drug-likeness (QED) is 0.516. The molecule has 20 heavy (non-hydrogen) atoms. The second-order valence-electron chi connectivity index (χ2n) is 3.19. The molecule has 8 nitrogen and oxygen atoms in total. The third-order valence-corrected chi connectivity index (χ3v) is 3.43. The largest absolute Gasteiger partial charge is 0.516 e. The minimum Gasteiger partial charge on any atom is -0.370 e. The molecular weight excluding hydrogens is 321 g/mol. The van der Waals surface area contributed by atoms with Gasteiger partial charge in [-0.3, -0.25) is 9.71 Å². The standard InChI is InChI=1S/C7H9F3N6O2S2/c8-7(9,10)20(17,18)14-3-13-1-4-2-19-6(15-4)16-5(11)12/h2-3H,1H2,(H,13,14)(H4,11,12,15,16). The Morgan fingerprint density at radius 3 is 2.70 bits per heavy atom. The molecule has 5 N–H and O–H groups in total. The lowest BCUT2D eigenvalue weighted by molar-refractivity contribution is -0.0441. The molecule has 0 saturated heterocycles. The van der Waals surface area contributed by atoms with Crippen LogP contribution in [-0.4, -0.2) is 31.2 Å². The number of thiazole rings is 1. The summed E-state index contributed by atoms with van der Waals surface area (Å²) in [7, 11) is -5.43. The number of guanidine groups is 1. The highest BCUT2D eigenvalue weighted by Crippen LogP contribution is 2.21. The van der Waals surface area contributed by atoms with E-state index in [4.69, 9.17) is 11.5 Å². The SMILES string of the molecule is NC(N)=Nc1nc(C/N=C/NS(=O)(=O)C(F)(F)F)cs1. The molecule has 0 saturated carbocycles. The van der Waals surface area contributed by atoms with Crippen molar-refractivity contribution in [2.45, 2.75) is 12.1 Å². The summed E-state index contributed by atoms with van der Waals surface area (Å²) in [5.74, 6) is -0.188. The van der Waals surface area contributed by atoms with E-state index in [-0.39, 0.29) is 17.6 Å². The molecule has 0 radical (unpaired) electrons. The summed E-state index contributed by atoms with van der Waals surface area (Å²) in [5, 5.41) is 1.78. The summed E-state index contributed by atoms with van der Waals surface area (Å²) in [6, 6.07) is 0. The number of nitrogens with zero attached hydrogens (tertiary/aromatic N) is 3.